The molecule has 0 amide bonds. The second-order valence-electron chi connectivity index (χ2n) is 2.32. The summed E-state index contributed by atoms with van der Waals surface area (Å²) in [7, 11) is 0. The molecule has 0 bridgehead atoms. The van der Waals surface area contributed by atoms with Crippen LogP contribution in [0.3, 0.4) is 0 Å². The lowest BCUT2D eigenvalue weighted by Gasteiger charge is -2.02. The van der Waals surface area contributed by atoms with Gasteiger partial charge < -0.3 is 5.73 Å². The van der Waals surface area contributed by atoms with Crippen molar-refractivity contribution in [1.29, 1.82) is 0 Å². The molecule has 1 aromatic rings. The number of hydrogen-bond acceptors (Lipinski definition) is 4. The van der Waals surface area contributed by atoms with Gasteiger partial charge in [-0.25, -0.2) is 13.8 Å². The monoisotopic (exact) mass is 207 g/mol. The van der Waals surface area contributed by atoms with Crippen molar-refractivity contribution in [3.63, 3.8) is 0 Å². The van der Waals surface area contributed by atoms with Crippen LogP contribution in [0.1, 0.15) is 12.0 Å². The lowest BCUT2D eigenvalue weighted by molar-refractivity contribution is -0.387. The number of alkyl halides is 2. The Kier molecular flexibility index (Phi) is 2.54. The molecule has 0 aliphatic carbocycles. The van der Waals surface area contributed by atoms with Crippen LogP contribution in [0, 0.1) is 15.9 Å². The molecule has 0 saturated heterocycles. The molecular weight excluding hydrogens is 203 g/mol. The number of pyridine rings is 1. The maximum Gasteiger partial charge on any atom is 0.346 e. The molecule has 0 radical (unpaired) electrons. The number of nitrogens with zero attached hydrogens (tertiary/aromatic N) is 2. The third-order valence-corrected chi connectivity index (χ3v) is 1.46. The second kappa shape index (κ2) is 3.48. The molecule has 76 valence electrons. The number of aromatic nitrogens is 1. The molecule has 0 aliphatic heterocycles. The molecule has 0 unspecified atom stereocenters. The van der Waals surface area contributed by atoms with Crippen molar-refractivity contribution >= 4 is 11.5 Å². The minimum Gasteiger partial charge on any atom is -0.378 e. The maximum atomic E-state index is 13.0. The normalized spacial score (nSPS) is 10.6. The van der Waals surface area contributed by atoms with Gasteiger partial charge in [0.25, 0.3) is 6.43 Å². The highest BCUT2D eigenvalue weighted by atomic mass is 19.3. The second-order valence-corrected chi connectivity index (χ2v) is 2.32. The minimum atomic E-state index is -3.17. The fraction of sp³-hybridized carbons (Fsp3) is 0.167. The molecule has 2 N–H and O–H groups in total. The van der Waals surface area contributed by atoms with Gasteiger partial charge in [0.1, 0.15) is 0 Å². The van der Waals surface area contributed by atoms with Crippen molar-refractivity contribution in [2.45, 2.75) is 6.43 Å². The maximum absolute atomic E-state index is 13.0. The summed E-state index contributed by atoms with van der Waals surface area (Å²) in [6.45, 7) is 0. The number of anilines is 1. The average Bonchev–Trinajstić information content (AvgIpc) is 2.02. The smallest absolute Gasteiger partial charge is 0.346 e. The van der Waals surface area contributed by atoms with Gasteiger partial charge in [0, 0.05) is 6.20 Å². The molecule has 0 fully saturated rings. The molecule has 8 heteroatoms. The topological polar surface area (TPSA) is 82.0 Å². The molecule has 0 atom stereocenters. The van der Waals surface area contributed by atoms with E-state index in [2.05, 4.69) is 4.98 Å². The summed E-state index contributed by atoms with van der Waals surface area (Å²) in [6, 6.07) is 0. The lowest BCUT2D eigenvalue weighted by atomic mass is 10.2. The SMILES string of the molecule is Nc1ncc(C(F)F)c(F)c1[N+](=O)[O-]. The summed E-state index contributed by atoms with van der Waals surface area (Å²) >= 11 is 0. The quantitative estimate of drug-likeness (QED) is 0.590. The van der Waals surface area contributed by atoms with Crippen LogP contribution in [0.4, 0.5) is 24.7 Å². The Balaban J connectivity index is 3.41. The van der Waals surface area contributed by atoms with Crippen molar-refractivity contribution in [2.75, 3.05) is 5.73 Å². The van der Waals surface area contributed by atoms with Crippen LogP contribution in [0.2, 0.25) is 0 Å². The number of rotatable bonds is 2. The standard InChI is InChI=1S/C6H4F3N3O2/c7-3-2(5(8)9)1-11-6(10)4(3)12(13)14/h1,5H,(H2,10,11). The Bertz CT molecular complexity index is 383. The van der Waals surface area contributed by atoms with Crippen molar-refractivity contribution in [3.8, 4) is 0 Å². The van der Waals surface area contributed by atoms with E-state index >= 15 is 0 Å². The number of nitrogen functional groups attached to an aromatic ring is 1. The van der Waals surface area contributed by atoms with Gasteiger partial charge in [-0.15, -0.1) is 0 Å². The molecule has 1 heterocycles. The number of hydrogen-bond donors (Lipinski definition) is 1. The lowest BCUT2D eigenvalue weighted by Crippen LogP contribution is -2.04. The summed E-state index contributed by atoms with van der Waals surface area (Å²) in [5.74, 6) is -2.37. The van der Waals surface area contributed by atoms with Crippen molar-refractivity contribution in [3.05, 3.63) is 27.7 Å². The molecular formula is C6H4F3N3O2. The van der Waals surface area contributed by atoms with E-state index < -0.39 is 34.2 Å². The van der Waals surface area contributed by atoms with Crippen LogP contribution in [0.5, 0.6) is 0 Å². The van der Waals surface area contributed by atoms with Crippen molar-refractivity contribution < 1.29 is 18.1 Å². The molecule has 1 aromatic heterocycles. The van der Waals surface area contributed by atoms with Gasteiger partial charge in [-0.1, -0.05) is 0 Å². The Hall–Kier alpha value is -1.86. The predicted molar refractivity (Wildman–Crippen MR) is 40.2 cm³/mol. The van der Waals surface area contributed by atoms with Gasteiger partial charge in [-0.2, -0.15) is 4.39 Å². The van der Waals surface area contributed by atoms with Crippen LogP contribution in [0.25, 0.3) is 0 Å². The molecule has 1 rings (SSSR count). The first-order valence-electron chi connectivity index (χ1n) is 3.31. The van der Waals surface area contributed by atoms with Gasteiger partial charge in [-0.3, -0.25) is 10.1 Å². The van der Waals surface area contributed by atoms with Crippen LogP contribution < -0.4 is 5.73 Å². The molecule has 0 saturated carbocycles. The van der Waals surface area contributed by atoms with E-state index in [1.807, 2.05) is 0 Å². The van der Waals surface area contributed by atoms with Crippen molar-refractivity contribution in [2.24, 2.45) is 0 Å². The Morgan fingerprint density at radius 2 is 2.14 bits per heavy atom. The Morgan fingerprint density at radius 3 is 2.57 bits per heavy atom. The predicted octanol–water partition coefficient (Wildman–Crippen LogP) is 1.65. The largest absolute Gasteiger partial charge is 0.378 e. The minimum absolute atomic E-state index is 0.475. The van der Waals surface area contributed by atoms with Gasteiger partial charge in [-0.05, 0) is 0 Å². The number of nitro groups is 1. The van der Waals surface area contributed by atoms with E-state index in [9.17, 15) is 23.3 Å². The van der Waals surface area contributed by atoms with Crippen molar-refractivity contribution in [1.82, 2.24) is 4.98 Å². The fourth-order valence-corrected chi connectivity index (χ4v) is 0.832. The summed E-state index contributed by atoms with van der Waals surface area (Å²) in [4.78, 5) is 12.1. The third-order valence-electron chi connectivity index (χ3n) is 1.46. The van der Waals surface area contributed by atoms with Crippen LogP contribution in [-0.2, 0) is 0 Å². The summed E-state index contributed by atoms with van der Waals surface area (Å²) in [5.41, 5.74) is 2.60. The summed E-state index contributed by atoms with van der Waals surface area (Å²) in [5, 5.41) is 10.2. The first-order chi connectivity index (χ1) is 6.45. The van der Waals surface area contributed by atoms with E-state index in [1.165, 1.54) is 0 Å². The zero-order chi connectivity index (χ0) is 10.9. The molecule has 0 spiro atoms. The van der Waals surface area contributed by atoms with Gasteiger partial charge in [0.15, 0.2) is 0 Å². The fourth-order valence-electron chi connectivity index (χ4n) is 0.832. The van der Waals surface area contributed by atoms with E-state index in [4.69, 9.17) is 5.73 Å². The van der Waals surface area contributed by atoms with Crippen LogP contribution >= 0.6 is 0 Å². The van der Waals surface area contributed by atoms with Crippen LogP contribution in [-0.4, -0.2) is 9.91 Å². The number of halogens is 3. The Morgan fingerprint density at radius 1 is 1.57 bits per heavy atom. The molecule has 14 heavy (non-hydrogen) atoms. The molecule has 0 aromatic carbocycles. The van der Waals surface area contributed by atoms with E-state index in [0.29, 0.717) is 6.20 Å². The zero-order valence-electron chi connectivity index (χ0n) is 6.58. The highest BCUT2D eigenvalue weighted by molar-refractivity contribution is 5.54. The van der Waals surface area contributed by atoms with E-state index in [0.717, 1.165) is 0 Å². The van der Waals surface area contributed by atoms with E-state index in [1.54, 1.807) is 0 Å². The highest BCUT2D eigenvalue weighted by Crippen LogP contribution is 2.30. The highest BCUT2D eigenvalue weighted by Gasteiger charge is 2.27. The van der Waals surface area contributed by atoms with Gasteiger partial charge in [0.05, 0.1) is 10.5 Å². The van der Waals surface area contributed by atoms with Gasteiger partial charge >= 0.3 is 5.69 Å². The first-order valence-corrected chi connectivity index (χ1v) is 3.31. The average molecular weight is 207 g/mol. The molecule has 5 nitrogen and oxygen atoms in total. The zero-order valence-corrected chi connectivity index (χ0v) is 6.58. The Labute approximate surface area is 75.5 Å². The van der Waals surface area contributed by atoms with Gasteiger partial charge in [0.2, 0.25) is 11.6 Å². The van der Waals surface area contributed by atoms with E-state index in [-0.39, 0.29) is 0 Å². The molecule has 0 aliphatic rings. The first kappa shape index (κ1) is 10.2. The third kappa shape index (κ3) is 1.58. The number of nitrogens with two attached hydrogens (primary N) is 1. The van der Waals surface area contributed by atoms with Crippen LogP contribution in [0.15, 0.2) is 6.20 Å². The summed E-state index contributed by atoms with van der Waals surface area (Å²) in [6.07, 6.45) is -2.69. The summed E-state index contributed by atoms with van der Waals surface area (Å²) < 4.78 is 37.1.